The van der Waals surface area contributed by atoms with Crippen molar-refractivity contribution in [3.8, 4) is 5.75 Å². The predicted molar refractivity (Wildman–Crippen MR) is 92.7 cm³/mol. The topological polar surface area (TPSA) is 35.5 Å². The summed E-state index contributed by atoms with van der Waals surface area (Å²) in [6.07, 6.45) is 1.85. The number of nitrogens with one attached hydrogen (secondary N) is 1. The average Bonchev–Trinajstić information content (AvgIpc) is 2.40. The third kappa shape index (κ3) is 4.26. The number of phenols is 1. The fraction of sp³-hybridized carbons (Fsp3) is 0.385. The van der Waals surface area contributed by atoms with Gasteiger partial charge >= 0.3 is 0 Å². The number of rotatable bonds is 3. The molecular formula is C13H18BrCl3N2O. The quantitative estimate of drug-likeness (QED) is 0.753. The van der Waals surface area contributed by atoms with Gasteiger partial charge in [-0.15, -0.1) is 31.4 Å². The predicted octanol–water partition coefficient (Wildman–Crippen LogP) is 3.78. The van der Waals surface area contributed by atoms with Crippen LogP contribution in [-0.2, 0) is 0 Å². The van der Waals surface area contributed by atoms with Gasteiger partial charge in [0.15, 0.2) is 0 Å². The molecule has 2 rings (SSSR count). The van der Waals surface area contributed by atoms with Gasteiger partial charge < -0.3 is 10.4 Å². The van der Waals surface area contributed by atoms with Crippen LogP contribution in [0.1, 0.15) is 11.6 Å². The maximum atomic E-state index is 10.2. The Morgan fingerprint density at radius 3 is 2.50 bits per heavy atom. The van der Waals surface area contributed by atoms with Crippen LogP contribution in [0.3, 0.4) is 0 Å². The van der Waals surface area contributed by atoms with E-state index in [-0.39, 0.29) is 36.6 Å². The number of hydrogen-bond acceptors (Lipinski definition) is 3. The van der Waals surface area contributed by atoms with Crippen molar-refractivity contribution in [3.63, 3.8) is 0 Å². The molecule has 0 unspecified atom stereocenters. The largest absolute Gasteiger partial charge is 0.506 e. The van der Waals surface area contributed by atoms with E-state index in [1.807, 2.05) is 12.1 Å². The summed E-state index contributed by atoms with van der Waals surface area (Å²) in [6, 6.07) is 3.51. The van der Waals surface area contributed by atoms with Crippen molar-refractivity contribution in [2.45, 2.75) is 6.04 Å². The summed E-state index contributed by atoms with van der Waals surface area (Å²) < 4.78 is 0.854. The number of piperazine rings is 1. The second-order valence-electron chi connectivity index (χ2n) is 4.26. The number of benzene rings is 1. The van der Waals surface area contributed by atoms with Crippen LogP contribution in [0.4, 0.5) is 0 Å². The third-order valence-corrected chi connectivity index (χ3v) is 4.18. The Morgan fingerprint density at radius 1 is 1.35 bits per heavy atom. The molecule has 7 heteroatoms. The van der Waals surface area contributed by atoms with E-state index in [0.29, 0.717) is 5.02 Å². The standard InChI is InChI=1S/C13H16BrClN2O.2ClH/c1-2-11(17-7-5-16-6-8-17)12-9(14)3-4-10(15)13(12)18;;/h2-4,11,16,18H,1,5-8H2;2*1H/t11-;;/m1../s1. The van der Waals surface area contributed by atoms with Crippen LogP contribution < -0.4 is 5.32 Å². The van der Waals surface area contributed by atoms with Gasteiger partial charge in [-0.25, -0.2) is 0 Å². The van der Waals surface area contributed by atoms with E-state index in [2.05, 4.69) is 32.7 Å². The lowest BCUT2D eigenvalue weighted by Gasteiger charge is -2.34. The Balaban J connectivity index is 0.00000180. The molecule has 0 amide bonds. The number of phenolic OH excluding ortho intramolecular Hbond substituents is 1. The highest BCUT2D eigenvalue weighted by molar-refractivity contribution is 9.10. The van der Waals surface area contributed by atoms with E-state index < -0.39 is 0 Å². The van der Waals surface area contributed by atoms with Crippen LogP contribution in [0, 0.1) is 0 Å². The molecule has 0 aliphatic carbocycles. The Hall–Kier alpha value is 0.0300. The van der Waals surface area contributed by atoms with Gasteiger partial charge in [0.25, 0.3) is 0 Å². The van der Waals surface area contributed by atoms with Crippen molar-refractivity contribution in [2.24, 2.45) is 0 Å². The van der Waals surface area contributed by atoms with Crippen LogP contribution in [-0.4, -0.2) is 36.2 Å². The highest BCUT2D eigenvalue weighted by atomic mass is 79.9. The van der Waals surface area contributed by atoms with Gasteiger partial charge in [0.2, 0.25) is 0 Å². The summed E-state index contributed by atoms with van der Waals surface area (Å²) >= 11 is 9.47. The number of halogens is 4. The highest BCUT2D eigenvalue weighted by Crippen LogP contribution is 2.39. The van der Waals surface area contributed by atoms with Gasteiger partial charge in [-0.3, -0.25) is 4.90 Å². The maximum Gasteiger partial charge on any atom is 0.140 e. The molecule has 1 heterocycles. The minimum atomic E-state index is -0.0276. The van der Waals surface area contributed by atoms with Crippen molar-refractivity contribution < 1.29 is 5.11 Å². The fourth-order valence-electron chi connectivity index (χ4n) is 2.25. The minimum Gasteiger partial charge on any atom is -0.506 e. The first kappa shape index (κ1) is 20.0. The van der Waals surface area contributed by atoms with E-state index in [9.17, 15) is 5.11 Å². The zero-order valence-electron chi connectivity index (χ0n) is 10.8. The minimum absolute atomic E-state index is 0. The molecule has 1 saturated heterocycles. The molecule has 3 nitrogen and oxygen atoms in total. The first-order valence-electron chi connectivity index (χ1n) is 5.89. The SMILES string of the molecule is C=C[C@H](c1c(Br)ccc(Cl)c1O)N1CCNCC1.Cl.Cl. The van der Waals surface area contributed by atoms with Gasteiger partial charge in [-0.1, -0.05) is 33.6 Å². The fourth-order valence-corrected chi connectivity index (χ4v) is 2.97. The van der Waals surface area contributed by atoms with Crippen molar-refractivity contribution in [3.05, 3.63) is 39.8 Å². The Morgan fingerprint density at radius 2 is 1.95 bits per heavy atom. The summed E-state index contributed by atoms with van der Waals surface area (Å²) in [7, 11) is 0. The Labute approximate surface area is 145 Å². The summed E-state index contributed by atoms with van der Waals surface area (Å²) in [6.45, 7) is 7.63. The summed E-state index contributed by atoms with van der Waals surface area (Å²) in [5.74, 6) is 0.134. The smallest absolute Gasteiger partial charge is 0.140 e. The molecule has 0 aromatic heterocycles. The third-order valence-electron chi connectivity index (χ3n) is 3.18. The zero-order valence-corrected chi connectivity index (χ0v) is 14.8. The van der Waals surface area contributed by atoms with Gasteiger partial charge in [0.1, 0.15) is 5.75 Å². The Kier molecular flexibility index (Phi) is 9.14. The lowest BCUT2D eigenvalue weighted by atomic mass is 10.0. The molecule has 1 aliphatic rings. The normalized spacial score (nSPS) is 16.7. The summed E-state index contributed by atoms with van der Waals surface area (Å²) in [5, 5.41) is 13.8. The molecule has 2 N–H and O–H groups in total. The maximum absolute atomic E-state index is 10.2. The lowest BCUT2D eigenvalue weighted by molar-refractivity contribution is 0.200. The monoisotopic (exact) mass is 402 g/mol. The van der Waals surface area contributed by atoms with Gasteiger partial charge in [-0.2, -0.15) is 0 Å². The van der Waals surface area contributed by atoms with Gasteiger partial charge in [0, 0.05) is 36.2 Å². The average molecular weight is 405 g/mol. The molecule has 0 radical (unpaired) electrons. The molecular weight excluding hydrogens is 386 g/mol. The van der Waals surface area contributed by atoms with Crippen LogP contribution in [0.25, 0.3) is 0 Å². The summed E-state index contributed by atoms with van der Waals surface area (Å²) in [5.41, 5.74) is 0.791. The molecule has 0 saturated carbocycles. The Bertz CT molecular complexity index is 453. The second kappa shape index (κ2) is 9.13. The van der Waals surface area contributed by atoms with E-state index in [1.54, 1.807) is 6.07 Å². The molecule has 20 heavy (non-hydrogen) atoms. The van der Waals surface area contributed by atoms with Crippen LogP contribution in [0.5, 0.6) is 5.75 Å². The van der Waals surface area contributed by atoms with E-state index in [4.69, 9.17) is 11.6 Å². The molecule has 1 aromatic carbocycles. The van der Waals surface area contributed by atoms with Crippen LogP contribution >= 0.6 is 52.3 Å². The molecule has 0 spiro atoms. The molecule has 1 aliphatic heterocycles. The van der Waals surface area contributed by atoms with Crippen LogP contribution in [0.2, 0.25) is 5.02 Å². The van der Waals surface area contributed by atoms with Gasteiger partial charge in [0.05, 0.1) is 11.1 Å². The second-order valence-corrected chi connectivity index (χ2v) is 5.52. The molecule has 1 aromatic rings. The van der Waals surface area contributed by atoms with Crippen molar-refractivity contribution in [2.75, 3.05) is 26.2 Å². The molecule has 114 valence electrons. The number of hydrogen-bond donors (Lipinski definition) is 2. The molecule has 0 bridgehead atoms. The lowest BCUT2D eigenvalue weighted by Crippen LogP contribution is -2.44. The first-order chi connectivity index (χ1) is 8.65. The first-order valence-corrected chi connectivity index (χ1v) is 7.06. The van der Waals surface area contributed by atoms with Crippen LogP contribution in [0.15, 0.2) is 29.3 Å². The van der Waals surface area contributed by atoms with E-state index >= 15 is 0 Å². The zero-order chi connectivity index (χ0) is 13.1. The van der Waals surface area contributed by atoms with Crippen molar-refractivity contribution >= 4 is 52.3 Å². The summed E-state index contributed by atoms with van der Waals surface area (Å²) in [4.78, 5) is 2.28. The van der Waals surface area contributed by atoms with Crippen molar-refractivity contribution in [1.29, 1.82) is 0 Å². The number of aromatic hydroxyl groups is 1. The highest BCUT2D eigenvalue weighted by Gasteiger charge is 2.24. The number of nitrogens with zero attached hydrogens (tertiary/aromatic N) is 1. The van der Waals surface area contributed by atoms with Crippen molar-refractivity contribution in [1.82, 2.24) is 10.2 Å². The molecule has 1 atom stereocenters. The van der Waals surface area contributed by atoms with Gasteiger partial charge in [-0.05, 0) is 12.1 Å². The molecule has 1 fully saturated rings. The van der Waals surface area contributed by atoms with E-state index in [1.165, 1.54) is 0 Å². The van der Waals surface area contributed by atoms with E-state index in [0.717, 1.165) is 36.2 Å².